The number of benzene rings is 2. The molecule has 2 aromatic carbocycles. The van der Waals surface area contributed by atoms with Crippen molar-refractivity contribution in [2.45, 2.75) is 66.2 Å². The van der Waals surface area contributed by atoms with Crippen LogP contribution in [0.25, 0.3) is 11.6 Å². The van der Waals surface area contributed by atoms with Crippen LogP contribution in [0.5, 0.6) is 5.75 Å². The number of rotatable bonds is 4. The molecule has 0 unspecified atom stereocenters. The third kappa shape index (κ3) is 4.13. The Hall–Kier alpha value is -2.00. The summed E-state index contributed by atoms with van der Waals surface area (Å²) in [6, 6.07) is 10.9. The highest BCUT2D eigenvalue weighted by Gasteiger charge is 2.23. The van der Waals surface area contributed by atoms with Gasteiger partial charge in [-0.2, -0.15) is 0 Å². The minimum absolute atomic E-state index is 0.0308. The van der Waals surface area contributed by atoms with Crippen LogP contribution in [0, 0.1) is 10.4 Å². The Labute approximate surface area is 164 Å². The summed E-state index contributed by atoms with van der Waals surface area (Å²) in [5.74, 6) is 1.03. The van der Waals surface area contributed by atoms with Crippen LogP contribution in [0.3, 0.4) is 0 Å². The van der Waals surface area contributed by atoms with Gasteiger partial charge >= 0.3 is 0 Å². The van der Waals surface area contributed by atoms with Crippen molar-refractivity contribution in [3.8, 4) is 5.75 Å². The highest BCUT2D eigenvalue weighted by molar-refractivity contribution is 6.70. The molecule has 0 fully saturated rings. The molecule has 0 heterocycles. The van der Waals surface area contributed by atoms with Gasteiger partial charge in [0.15, 0.2) is 0 Å². The lowest BCUT2D eigenvalue weighted by molar-refractivity contribution is 0.551. The van der Waals surface area contributed by atoms with E-state index in [2.05, 4.69) is 96.0 Å². The number of hydrogen-bond acceptors (Lipinski definition) is 2. The molecule has 0 atom stereocenters. The maximum absolute atomic E-state index is 6.62. The Morgan fingerprint density at radius 1 is 1.07 bits per heavy atom. The molecule has 3 rings (SSSR count). The quantitative estimate of drug-likeness (QED) is 0.635. The molecule has 144 valence electrons. The van der Waals surface area contributed by atoms with E-state index in [9.17, 15) is 0 Å². The topological polar surface area (TPSA) is 21.3 Å². The average molecular weight is 380 g/mol. The van der Waals surface area contributed by atoms with E-state index in [4.69, 9.17) is 4.43 Å². The first-order valence-corrected chi connectivity index (χ1v) is 13.4. The SMILES string of the molecule is CCC(C)=c1c(O[Si](C)(C)C)cc2c(c1NC(C)(C)C)C=c1ccccc1=2. The third-order valence-corrected chi connectivity index (χ3v) is 5.59. The van der Waals surface area contributed by atoms with E-state index in [1.807, 2.05) is 0 Å². The lowest BCUT2D eigenvalue weighted by Crippen LogP contribution is -2.35. The molecule has 0 amide bonds. The molecular weight excluding hydrogens is 346 g/mol. The summed E-state index contributed by atoms with van der Waals surface area (Å²) in [4.78, 5) is 0. The average Bonchev–Trinajstić information content (AvgIpc) is 2.90. The predicted molar refractivity (Wildman–Crippen MR) is 120 cm³/mol. The van der Waals surface area contributed by atoms with Crippen LogP contribution < -0.4 is 20.2 Å². The minimum atomic E-state index is -1.75. The molecule has 0 radical (unpaired) electrons. The molecule has 0 bridgehead atoms. The molecule has 1 aliphatic rings. The van der Waals surface area contributed by atoms with Gasteiger partial charge in [0.25, 0.3) is 0 Å². The molecule has 27 heavy (non-hydrogen) atoms. The van der Waals surface area contributed by atoms with Crippen molar-refractivity contribution in [1.82, 2.24) is 0 Å². The van der Waals surface area contributed by atoms with Gasteiger partial charge in [0.2, 0.25) is 8.32 Å². The van der Waals surface area contributed by atoms with Crippen molar-refractivity contribution in [2.24, 2.45) is 0 Å². The standard InChI is InChI=1S/C24H33NOSi/c1-9-16(2)22-21(26-27(6,7)8)15-19-18-13-11-10-12-17(18)14-20(19)23(22)25-24(3,4)5/h10-15,25H,9H2,1-8H3. The number of nitrogens with one attached hydrogen (secondary N) is 1. The zero-order valence-corrected chi connectivity index (χ0v) is 19.1. The summed E-state index contributed by atoms with van der Waals surface area (Å²) in [6.07, 6.45) is 3.33. The number of hydrogen-bond donors (Lipinski definition) is 1. The molecule has 2 aromatic rings. The molecule has 1 N–H and O–H groups in total. The molecular formula is C24H33NOSi. The van der Waals surface area contributed by atoms with Gasteiger partial charge in [-0.3, -0.25) is 0 Å². The van der Waals surface area contributed by atoms with Gasteiger partial charge in [0.05, 0.1) is 5.69 Å². The van der Waals surface area contributed by atoms with Crippen molar-refractivity contribution in [3.63, 3.8) is 0 Å². The van der Waals surface area contributed by atoms with Gasteiger partial charge in [-0.05, 0) is 81.6 Å². The molecule has 0 saturated heterocycles. The zero-order valence-electron chi connectivity index (χ0n) is 18.1. The molecule has 0 saturated carbocycles. The van der Waals surface area contributed by atoms with Crippen LogP contribution >= 0.6 is 0 Å². The monoisotopic (exact) mass is 379 g/mol. The summed E-state index contributed by atoms with van der Waals surface area (Å²) >= 11 is 0. The summed E-state index contributed by atoms with van der Waals surface area (Å²) < 4.78 is 6.62. The van der Waals surface area contributed by atoms with Crippen LogP contribution in [-0.2, 0) is 0 Å². The van der Waals surface area contributed by atoms with Gasteiger partial charge in [-0.1, -0.05) is 36.8 Å². The smallest absolute Gasteiger partial charge is 0.242 e. The first-order valence-electron chi connectivity index (χ1n) is 9.95. The van der Waals surface area contributed by atoms with Crippen molar-refractivity contribution < 1.29 is 4.43 Å². The Kier molecular flexibility index (Phi) is 5.02. The van der Waals surface area contributed by atoms with Crippen LogP contribution in [-0.4, -0.2) is 13.9 Å². The largest absolute Gasteiger partial charge is 0.544 e. The second-order valence-electron chi connectivity index (χ2n) is 9.54. The van der Waals surface area contributed by atoms with E-state index in [1.165, 1.54) is 37.7 Å². The van der Waals surface area contributed by atoms with Gasteiger partial charge < -0.3 is 9.74 Å². The highest BCUT2D eigenvalue weighted by Crippen LogP contribution is 2.27. The van der Waals surface area contributed by atoms with Gasteiger partial charge in [0, 0.05) is 16.3 Å². The maximum Gasteiger partial charge on any atom is 0.242 e. The fourth-order valence-electron chi connectivity index (χ4n) is 3.59. The minimum Gasteiger partial charge on any atom is -0.544 e. The second kappa shape index (κ2) is 6.86. The van der Waals surface area contributed by atoms with Crippen molar-refractivity contribution >= 4 is 25.7 Å². The van der Waals surface area contributed by atoms with Crippen LogP contribution in [0.2, 0.25) is 19.6 Å². The Bertz CT molecular complexity index is 1090. The summed E-state index contributed by atoms with van der Waals surface area (Å²) in [5, 5.41) is 8.92. The first kappa shape index (κ1) is 19.8. The Balaban J connectivity index is 2.51. The zero-order chi connectivity index (χ0) is 20.0. The summed E-state index contributed by atoms with van der Waals surface area (Å²) in [7, 11) is -1.75. The predicted octanol–water partition coefficient (Wildman–Crippen LogP) is 5.12. The fraction of sp³-hybridized carbons (Fsp3) is 0.417. The molecule has 0 spiro atoms. The molecule has 1 aliphatic carbocycles. The van der Waals surface area contributed by atoms with Crippen LogP contribution in [0.15, 0.2) is 30.3 Å². The Morgan fingerprint density at radius 2 is 1.74 bits per heavy atom. The van der Waals surface area contributed by atoms with Crippen molar-refractivity contribution in [3.05, 3.63) is 56.8 Å². The lowest BCUT2D eigenvalue weighted by atomic mass is 10.00. The maximum atomic E-state index is 6.62. The number of anilines is 1. The summed E-state index contributed by atoms with van der Waals surface area (Å²) in [6.45, 7) is 17.9. The molecule has 2 nitrogen and oxygen atoms in total. The van der Waals surface area contributed by atoms with Crippen molar-refractivity contribution in [2.75, 3.05) is 5.32 Å². The van der Waals surface area contributed by atoms with E-state index < -0.39 is 8.32 Å². The van der Waals surface area contributed by atoms with E-state index in [0.717, 1.165) is 12.2 Å². The van der Waals surface area contributed by atoms with E-state index in [1.54, 1.807) is 0 Å². The van der Waals surface area contributed by atoms with Gasteiger partial charge in [-0.15, -0.1) is 0 Å². The van der Waals surface area contributed by atoms with Gasteiger partial charge in [-0.25, -0.2) is 0 Å². The molecule has 0 aliphatic heterocycles. The molecule has 0 aromatic heterocycles. The molecule has 3 heteroatoms. The van der Waals surface area contributed by atoms with Crippen LogP contribution in [0.1, 0.15) is 46.6 Å². The van der Waals surface area contributed by atoms with E-state index in [-0.39, 0.29) is 5.54 Å². The number of fused-ring (bicyclic) bond motifs is 2. The van der Waals surface area contributed by atoms with E-state index >= 15 is 0 Å². The van der Waals surface area contributed by atoms with Crippen molar-refractivity contribution in [1.29, 1.82) is 0 Å². The normalized spacial score (nSPS) is 14.2. The van der Waals surface area contributed by atoms with Crippen LogP contribution in [0.4, 0.5) is 5.69 Å². The second-order valence-corrected chi connectivity index (χ2v) is 14.0. The third-order valence-electron chi connectivity index (χ3n) is 4.76. The van der Waals surface area contributed by atoms with E-state index in [0.29, 0.717) is 0 Å². The lowest BCUT2D eigenvalue weighted by Gasteiger charge is -2.27. The fourth-order valence-corrected chi connectivity index (χ4v) is 4.41. The Morgan fingerprint density at radius 3 is 2.33 bits per heavy atom. The van der Waals surface area contributed by atoms with Gasteiger partial charge in [0.1, 0.15) is 5.75 Å². The first-order chi connectivity index (χ1) is 12.5. The highest BCUT2D eigenvalue weighted by atomic mass is 28.4. The summed E-state index contributed by atoms with van der Waals surface area (Å²) in [5.41, 5.74) is 3.83.